The van der Waals surface area contributed by atoms with Gasteiger partial charge in [-0.1, -0.05) is 27.7 Å². The first-order valence-corrected chi connectivity index (χ1v) is 10.3. The summed E-state index contributed by atoms with van der Waals surface area (Å²) in [6.07, 6.45) is 8.92. The Morgan fingerprint density at radius 2 is 1.70 bits per heavy atom. The summed E-state index contributed by atoms with van der Waals surface area (Å²) < 4.78 is 0. The SMILES string of the molecule is CC(C)C1CC2(CCCN(C)C2)C1.CC(C)C1CCC12CNC2. The highest BCUT2D eigenvalue weighted by molar-refractivity contribution is 5.05. The molecule has 0 radical (unpaired) electrons. The lowest BCUT2D eigenvalue weighted by molar-refractivity contribution is -0.0499. The zero-order chi connectivity index (χ0) is 16.7. The maximum Gasteiger partial charge on any atom is 0.00351 e. The van der Waals surface area contributed by atoms with E-state index in [1.54, 1.807) is 0 Å². The topological polar surface area (TPSA) is 15.3 Å². The second-order valence-electron chi connectivity index (χ2n) is 10.1. The van der Waals surface area contributed by atoms with Crippen LogP contribution in [0.4, 0.5) is 0 Å². The van der Waals surface area contributed by atoms with Crippen molar-refractivity contribution in [3.63, 3.8) is 0 Å². The predicted molar refractivity (Wildman–Crippen MR) is 99.6 cm³/mol. The van der Waals surface area contributed by atoms with Gasteiger partial charge in [-0.15, -0.1) is 0 Å². The average molecular weight is 321 g/mol. The standard InChI is InChI=1S/C12H23N.C9H17N/c1-10(2)11-7-12(8-11)5-4-6-13(3)9-12;1-7(2)8-3-4-9(8)5-10-6-9/h10-11H,4-9H2,1-3H3;7-8,10H,3-6H2,1-2H3. The van der Waals surface area contributed by atoms with Gasteiger partial charge in [0.15, 0.2) is 0 Å². The zero-order valence-electron chi connectivity index (χ0n) is 16.3. The van der Waals surface area contributed by atoms with Gasteiger partial charge in [0.25, 0.3) is 0 Å². The van der Waals surface area contributed by atoms with Gasteiger partial charge < -0.3 is 10.2 Å². The molecule has 0 aromatic rings. The molecule has 2 aliphatic carbocycles. The Balaban J connectivity index is 0.000000140. The maximum absolute atomic E-state index is 3.39. The van der Waals surface area contributed by atoms with Crippen molar-refractivity contribution in [1.82, 2.24) is 10.2 Å². The van der Waals surface area contributed by atoms with Crippen LogP contribution < -0.4 is 5.32 Å². The van der Waals surface area contributed by atoms with Crippen molar-refractivity contribution in [1.29, 1.82) is 0 Å². The first-order chi connectivity index (χ1) is 10.9. The van der Waals surface area contributed by atoms with Gasteiger partial charge in [-0.25, -0.2) is 0 Å². The molecule has 2 spiro atoms. The summed E-state index contributed by atoms with van der Waals surface area (Å²) >= 11 is 0. The number of hydrogen-bond donors (Lipinski definition) is 1. The van der Waals surface area contributed by atoms with E-state index < -0.39 is 0 Å². The first-order valence-electron chi connectivity index (χ1n) is 10.3. The van der Waals surface area contributed by atoms with Gasteiger partial charge >= 0.3 is 0 Å². The predicted octanol–water partition coefficient (Wildman–Crippen LogP) is 4.41. The van der Waals surface area contributed by atoms with E-state index in [2.05, 4.69) is 45.0 Å². The lowest BCUT2D eigenvalue weighted by Crippen LogP contribution is -2.63. The molecule has 23 heavy (non-hydrogen) atoms. The van der Waals surface area contributed by atoms with Crippen molar-refractivity contribution < 1.29 is 0 Å². The lowest BCUT2D eigenvalue weighted by Gasteiger charge is -2.58. The highest BCUT2D eigenvalue weighted by Crippen LogP contribution is 2.53. The third-order valence-corrected chi connectivity index (χ3v) is 7.68. The Bertz CT molecular complexity index is 385. The number of rotatable bonds is 2. The van der Waals surface area contributed by atoms with Crippen molar-refractivity contribution in [2.45, 2.75) is 66.2 Å². The second kappa shape index (κ2) is 6.67. The van der Waals surface area contributed by atoms with Crippen LogP contribution in [0.1, 0.15) is 66.2 Å². The quantitative estimate of drug-likeness (QED) is 0.811. The molecule has 0 bridgehead atoms. The fourth-order valence-corrected chi connectivity index (χ4v) is 5.96. The van der Waals surface area contributed by atoms with Gasteiger partial charge in [-0.05, 0) is 86.6 Å². The highest BCUT2D eigenvalue weighted by Gasteiger charge is 2.51. The van der Waals surface area contributed by atoms with Crippen molar-refractivity contribution in [2.24, 2.45) is 34.5 Å². The maximum atomic E-state index is 3.39. The molecule has 2 aliphatic heterocycles. The van der Waals surface area contributed by atoms with E-state index in [4.69, 9.17) is 0 Å². The van der Waals surface area contributed by atoms with Gasteiger partial charge in [0.2, 0.25) is 0 Å². The number of nitrogens with zero attached hydrogens (tertiary/aromatic N) is 1. The molecule has 0 aromatic carbocycles. The molecular weight excluding hydrogens is 280 g/mol. The third kappa shape index (κ3) is 3.49. The minimum Gasteiger partial charge on any atom is -0.316 e. The van der Waals surface area contributed by atoms with Crippen LogP contribution in [0, 0.1) is 34.5 Å². The van der Waals surface area contributed by atoms with E-state index in [-0.39, 0.29) is 0 Å². The van der Waals surface area contributed by atoms with Gasteiger partial charge in [0.1, 0.15) is 0 Å². The Kier molecular flexibility index (Phi) is 5.14. The minimum absolute atomic E-state index is 0.752. The summed E-state index contributed by atoms with van der Waals surface area (Å²) in [5.41, 5.74) is 1.52. The molecule has 1 atom stereocenters. The highest BCUT2D eigenvalue weighted by atomic mass is 15.1. The number of hydrogen-bond acceptors (Lipinski definition) is 2. The summed E-state index contributed by atoms with van der Waals surface area (Å²) in [6.45, 7) is 14.8. The zero-order valence-corrected chi connectivity index (χ0v) is 16.3. The van der Waals surface area contributed by atoms with E-state index in [0.717, 1.165) is 34.5 Å². The van der Waals surface area contributed by atoms with E-state index in [9.17, 15) is 0 Å². The normalized spacial score (nSPS) is 38.7. The molecule has 2 saturated heterocycles. The summed E-state index contributed by atoms with van der Waals surface area (Å²) in [7, 11) is 2.28. The van der Waals surface area contributed by atoms with Crippen molar-refractivity contribution in [3.8, 4) is 0 Å². The molecule has 134 valence electrons. The molecule has 2 heteroatoms. The monoisotopic (exact) mass is 320 g/mol. The van der Waals surface area contributed by atoms with E-state index in [1.165, 1.54) is 64.7 Å². The average Bonchev–Trinajstić information content (AvgIpc) is 2.32. The van der Waals surface area contributed by atoms with Gasteiger partial charge in [-0.2, -0.15) is 0 Å². The van der Waals surface area contributed by atoms with E-state index >= 15 is 0 Å². The van der Waals surface area contributed by atoms with Crippen LogP contribution in [0.25, 0.3) is 0 Å². The Morgan fingerprint density at radius 3 is 2.04 bits per heavy atom. The second-order valence-corrected chi connectivity index (χ2v) is 10.1. The molecule has 2 nitrogen and oxygen atoms in total. The molecule has 1 N–H and O–H groups in total. The largest absolute Gasteiger partial charge is 0.316 e. The summed E-state index contributed by atoms with van der Waals surface area (Å²) in [4.78, 5) is 2.53. The van der Waals surface area contributed by atoms with Gasteiger partial charge in [0.05, 0.1) is 0 Å². The van der Waals surface area contributed by atoms with Crippen LogP contribution in [0.15, 0.2) is 0 Å². The molecule has 2 saturated carbocycles. The van der Waals surface area contributed by atoms with E-state index in [1.807, 2.05) is 0 Å². The summed E-state index contributed by atoms with van der Waals surface area (Å²) in [5, 5.41) is 3.39. The smallest absolute Gasteiger partial charge is 0.00351 e. The Hall–Kier alpha value is -0.0800. The van der Waals surface area contributed by atoms with Crippen molar-refractivity contribution in [2.75, 3.05) is 33.2 Å². The molecule has 4 aliphatic rings. The summed E-state index contributed by atoms with van der Waals surface area (Å²) in [6, 6.07) is 0. The lowest BCUT2D eigenvalue weighted by atomic mass is 9.53. The minimum atomic E-state index is 0.752. The molecule has 4 rings (SSSR count). The number of nitrogens with one attached hydrogen (secondary N) is 1. The van der Waals surface area contributed by atoms with Gasteiger partial charge in [0, 0.05) is 19.6 Å². The van der Waals surface area contributed by atoms with Crippen LogP contribution in [0.3, 0.4) is 0 Å². The van der Waals surface area contributed by atoms with Crippen molar-refractivity contribution in [3.05, 3.63) is 0 Å². The van der Waals surface area contributed by atoms with Crippen LogP contribution in [0.2, 0.25) is 0 Å². The van der Waals surface area contributed by atoms with Crippen LogP contribution in [-0.2, 0) is 0 Å². The Labute approximate surface area is 144 Å². The molecule has 0 aromatic heterocycles. The molecular formula is C21H40N2. The Morgan fingerprint density at radius 1 is 1.00 bits per heavy atom. The molecule has 2 heterocycles. The molecule has 1 unspecified atom stereocenters. The van der Waals surface area contributed by atoms with Crippen molar-refractivity contribution >= 4 is 0 Å². The van der Waals surface area contributed by atoms with E-state index in [0.29, 0.717) is 0 Å². The fraction of sp³-hybridized carbons (Fsp3) is 1.00. The number of likely N-dealkylation sites (tertiary alicyclic amines) is 1. The molecule has 0 amide bonds. The van der Waals surface area contributed by atoms with Crippen LogP contribution >= 0.6 is 0 Å². The fourth-order valence-electron chi connectivity index (χ4n) is 5.96. The summed E-state index contributed by atoms with van der Waals surface area (Å²) in [5.74, 6) is 3.90. The molecule has 4 fully saturated rings. The van der Waals surface area contributed by atoms with Crippen LogP contribution in [0.5, 0.6) is 0 Å². The number of piperidine rings is 1. The third-order valence-electron chi connectivity index (χ3n) is 7.68. The van der Waals surface area contributed by atoms with Gasteiger partial charge in [-0.3, -0.25) is 0 Å². The van der Waals surface area contributed by atoms with Crippen LogP contribution in [-0.4, -0.2) is 38.1 Å². The first kappa shape index (κ1) is 17.7.